The molecule has 0 aromatic heterocycles. The summed E-state index contributed by atoms with van der Waals surface area (Å²) in [6.07, 6.45) is -0.569. The minimum atomic E-state index is -3.31. The fraction of sp³-hybridized carbons (Fsp3) is 0.333. The summed E-state index contributed by atoms with van der Waals surface area (Å²) in [5.41, 5.74) is 0.252. The first-order valence-electron chi connectivity index (χ1n) is 5.71. The number of benzene rings is 1. The Hall–Kier alpha value is -1.93. The van der Waals surface area contributed by atoms with Gasteiger partial charge in [-0.2, -0.15) is 0 Å². The van der Waals surface area contributed by atoms with E-state index in [1.165, 1.54) is 24.3 Å². The third kappa shape index (κ3) is 4.63. The highest BCUT2D eigenvalue weighted by atomic mass is 32.2. The lowest BCUT2D eigenvalue weighted by atomic mass is 10.2. The molecule has 0 saturated carbocycles. The van der Waals surface area contributed by atoms with E-state index in [1.807, 2.05) is 0 Å². The smallest absolute Gasteiger partial charge is 0.332 e. The largest absolute Gasteiger partial charge is 0.479 e. The van der Waals surface area contributed by atoms with Gasteiger partial charge >= 0.3 is 5.97 Å². The van der Waals surface area contributed by atoms with Crippen LogP contribution in [0.5, 0.6) is 0 Å². The molecule has 0 aliphatic heterocycles. The number of sulfone groups is 1. The molecule has 1 rings (SSSR count). The Bertz CT molecular complexity index is 593. The predicted octanol–water partition coefficient (Wildman–Crippen LogP) is -0.344. The second-order valence-corrected chi connectivity index (χ2v) is 6.21. The van der Waals surface area contributed by atoms with Crippen molar-refractivity contribution >= 4 is 21.7 Å². The van der Waals surface area contributed by atoms with Gasteiger partial charge in [0.25, 0.3) is 5.91 Å². The maximum atomic E-state index is 11.7. The zero-order valence-corrected chi connectivity index (χ0v) is 11.6. The van der Waals surface area contributed by atoms with Gasteiger partial charge in [-0.15, -0.1) is 0 Å². The Balaban J connectivity index is 2.59. The summed E-state index contributed by atoms with van der Waals surface area (Å²) in [6.45, 7) is 0.000127. The lowest BCUT2D eigenvalue weighted by molar-refractivity contribution is -0.146. The Morgan fingerprint density at radius 1 is 1.25 bits per heavy atom. The van der Waals surface area contributed by atoms with Crippen molar-refractivity contribution < 1.29 is 28.2 Å². The lowest BCUT2D eigenvalue weighted by Gasteiger charge is -2.07. The van der Waals surface area contributed by atoms with Crippen molar-refractivity contribution in [1.82, 2.24) is 5.32 Å². The summed E-state index contributed by atoms with van der Waals surface area (Å²) in [5.74, 6) is -1.82. The number of aliphatic hydroxyl groups is 1. The van der Waals surface area contributed by atoms with Gasteiger partial charge < -0.3 is 15.5 Å². The summed E-state index contributed by atoms with van der Waals surface area (Å²) in [7, 11) is -3.31. The standard InChI is InChI=1S/C12H15NO6S/c1-20(18,19)9-4-2-8(3-5-9)11(15)13-7-6-10(14)12(16)17/h2-5,10,14H,6-7H2,1H3,(H,13,15)(H,16,17). The highest BCUT2D eigenvalue weighted by molar-refractivity contribution is 7.90. The van der Waals surface area contributed by atoms with Crippen LogP contribution in [0.15, 0.2) is 29.2 Å². The van der Waals surface area contributed by atoms with Crippen molar-refractivity contribution in [3.8, 4) is 0 Å². The minimum absolute atomic E-state index is 0.000127. The molecule has 0 saturated heterocycles. The molecule has 8 heteroatoms. The van der Waals surface area contributed by atoms with E-state index in [4.69, 9.17) is 10.2 Å². The second-order valence-electron chi connectivity index (χ2n) is 4.20. The van der Waals surface area contributed by atoms with Crippen molar-refractivity contribution in [2.24, 2.45) is 0 Å². The minimum Gasteiger partial charge on any atom is -0.479 e. The quantitative estimate of drug-likeness (QED) is 0.660. The number of carbonyl (C=O) groups is 2. The highest BCUT2D eigenvalue weighted by Crippen LogP contribution is 2.10. The summed E-state index contributed by atoms with van der Waals surface area (Å²) in [6, 6.07) is 5.35. The molecule has 1 unspecified atom stereocenters. The maximum absolute atomic E-state index is 11.7. The van der Waals surface area contributed by atoms with Crippen molar-refractivity contribution in [1.29, 1.82) is 0 Å². The number of carbonyl (C=O) groups excluding carboxylic acids is 1. The molecule has 1 aromatic rings. The van der Waals surface area contributed by atoms with Crippen LogP contribution in [-0.2, 0) is 14.6 Å². The van der Waals surface area contributed by atoms with E-state index in [0.717, 1.165) is 6.26 Å². The number of rotatable bonds is 6. The summed E-state index contributed by atoms with van der Waals surface area (Å²) in [5, 5.41) is 19.9. The fourth-order valence-electron chi connectivity index (χ4n) is 1.40. The van der Waals surface area contributed by atoms with Crippen LogP contribution in [0.2, 0.25) is 0 Å². The van der Waals surface area contributed by atoms with Crippen LogP contribution in [0, 0.1) is 0 Å². The van der Waals surface area contributed by atoms with Gasteiger partial charge in [-0.05, 0) is 24.3 Å². The van der Waals surface area contributed by atoms with Crippen LogP contribution in [0.4, 0.5) is 0 Å². The zero-order valence-electron chi connectivity index (χ0n) is 10.7. The number of hydrogen-bond acceptors (Lipinski definition) is 5. The number of carboxylic acids is 1. The molecule has 20 heavy (non-hydrogen) atoms. The SMILES string of the molecule is CS(=O)(=O)c1ccc(C(=O)NCCC(O)C(=O)O)cc1. The van der Waals surface area contributed by atoms with Crippen LogP contribution in [-0.4, -0.2) is 49.4 Å². The number of hydrogen-bond donors (Lipinski definition) is 3. The first-order valence-corrected chi connectivity index (χ1v) is 7.60. The predicted molar refractivity (Wildman–Crippen MR) is 70.1 cm³/mol. The van der Waals surface area contributed by atoms with Crippen LogP contribution < -0.4 is 5.32 Å². The van der Waals surface area contributed by atoms with Crippen LogP contribution in [0.25, 0.3) is 0 Å². The van der Waals surface area contributed by atoms with Crippen molar-refractivity contribution in [3.05, 3.63) is 29.8 Å². The Kier molecular flexibility index (Phi) is 5.23. The van der Waals surface area contributed by atoms with Crippen LogP contribution >= 0.6 is 0 Å². The molecule has 3 N–H and O–H groups in total. The van der Waals surface area contributed by atoms with Gasteiger partial charge in [-0.3, -0.25) is 4.79 Å². The average Bonchev–Trinajstić information content (AvgIpc) is 2.37. The Morgan fingerprint density at radius 2 is 1.80 bits per heavy atom. The molecule has 7 nitrogen and oxygen atoms in total. The molecule has 0 spiro atoms. The van der Waals surface area contributed by atoms with E-state index in [0.29, 0.717) is 0 Å². The third-order valence-electron chi connectivity index (χ3n) is 2.53. The summed E-state index contributed by atoms with van der Waals surface area (Å²) >= 11 is 0. The molecule has 1 aromatic carbocycles. The van der Waals surface area contributed by atoms with E-state index >= 15 is 0 Å². The molecule has 110 valence electrons. The highest BCUT2D eigenvalue weighted by Gasteiger charge is 2.14. The van der Waals surface area contributed by atoms with Gasteiger partial charge in [-0.1, -0.05) is 0 Å². The van der Waals surface area contributed by atoms with Gasteiger partial charge in [0.2, 0.25) is 0 Å². The van der Waals surface area contributed by atoms with E-state index in [1.54, 1.807) is 0 Å². The lowest BCUT2D eigenvalue weighted by Crippen LogP contribution is -2.30. The van der Waals surface area contributed by atoms with Crippen molar-refractivity contribution in [2.75, 3.05) is 12.8 Å². The van der Waals surface area contributed by atoms with E-state index < -0.39 is 27.8 Å². The molecule has 0 radical (unpaired) electrons. The number of carboxylic acid groups (broad SMARTS) is 1. The maximum Gasteiger partial charge on any atom is 0.332 e. The third-order valence-corrected chi connectivity index (χ3v) is 3.66. The monoisotopic (exact) mass is 301 g/mol. The first kappa shape index (κ1) is 16.1. The molecular formula is C12H15NO6S. The molecule has 0 fully saturated rings. The number of amides is 1. The molecule has 1 atom stereocenters. The normalized spacial score (nSPS) is 12.7. The second kappa shape index (κ2) is 6.49. The van der Waals surface area contributed by atoms with Gasteiger partial charge in [-0.25, -0.2) is 13.2 Å². The van der Waals surface area contributed by atoms with Gasteiger partial charge in [0.05, 0.1) is 4.90 Å². The van der Waals surface area contributed by atoms with Gasteiger partial charge in [0.1, 0.15) is 0 Å². The molecule has 1 amide bonds. The number of aliphatic carboxylic acids is 1. The summed E-state index contributed by atoms with van der Waals surface area (Å²) < 4.78 is 22.5. The van der Waals surface area contributed by atoms with Gasteiger partial charge in [0.15, 0.2) is 15.9 Å². The number of nitrogens with one attached hydrogen (secondary N) is 1. The fourth-order valence-corrected chi connectivity index (χ4v) is 2.03. The Labute approximate surface area is 116 Å². The number of aliphatic hydroxyl groups excluding tert-OH is 1. The van der Waals surface area contributed by atoms with E-state index in [-0.39, 0.29) is 23.4 Å². The van der Waals surface area contributed by atoms with Crippen LogP contribution in [0.1, 0.15) is 16.8 Å². The summed E-state index contributed by atoms with van der Waals surface area (Å²) in [4.78, 5) is 22.1. The van der Waals surface area contributed by atoms with Crippen molar-refractivity contribution in [2.45, 2.75) is 17.4 Å². The molecule has 0 aliphatic rings. The zero-order chi connectivity index (χ0) is 15.3. The van der Waals surface area contributed by atoms with Crippen molar-refractivity contribution in [3.63, 3.8) is 0 Å². The first-order chi connectivity index (χ1) is 9.21. The van der Waals surface area contributed by atoms with Crippen LogP contribution in [0.3, 0.4) is 0 Å². The van der Waals surface area contributed by atoms with E-state index in [9.17, 15) is 18.0 Å². The topological polar surface area (TPSA) is 121 Å². The van der Waals surface area contributed by atoms with E-state index in [2.05, 4.69) is 5.32 Å². The molecule has 0 aliphatic carbocycles. The molecule has 0 heterocycles. The Morgan fingerprint density at radius 3 is 2.25 bits per heavy atom. The average molecular weight is 301 g/mol. The van der Waals surface area contributed by atoms with Gasteiger partial charge in [0, 0.05) is 24.8 Å². The molecular weight excluding hydrogens is 286 g/mol. The molecule has 0 bridgehead atoms.